The number of carbonyl (C=O) groups is 1. The summed E-state index contributed by atoms with van der Waals surface area (Å²) in [6.45, 7) is 9.41. The quantitative estimate of drug-likeness (QED) is 0.0533. The average molecular weight is 671 g/mol. The lowest BCUT2D eigenvalue weighted by Crippen LogP contribution is -2.31. The van der Waals surface area contributed by atoms with Crippen molar-refractivity contribution >= 4 is 6.09 Å². The van der Waals surface area contributed by atoms with Gasteiger partial charge in [0.25, 0.3) is 0 Å². The summed E-state index contributed by atoms with van der Waals surface area (Å²) in [6, 6.07) is 0. The number of hydrogen-bond acceptors (Lipinski definition) is 3. The Morgan fingerprint density at radius 1 is 0.542 bits per heavy atom. The largest absolute Gasteiger partial charge is 0.446 e. The Hall–Kier alpha value is -1.81. The summed E-state index contributed by atoms with van der Waals surface area (Å²) >= 11 is 0. The third kappa shape index (κ3) is 37.0. The Morgan fingerprint density at radius 3 is 1.35 bits per heavy atom. The number of allylic oxidation sites excluding steroid dienone is 8. The lowest BCUT2D eigenvalue weighted by atomic mass is 10.0. The molecule has 0 aliphatic rings. The van der Waals surface area contributed by atoms with E-state index in [1.807, 2.05) is 0 Å². The highest BCUT2D eigenvalue weighted by Gasteiger charge is 2.14. The molecule has 0 aromatic carbocycles. The van der Waals surface area contributed by atoms with Crippen LogP contribution in [0.3, 0.4) is 0 Å². The van der Waals surface area contributed by atoms with Crippen molar-refractivity contribution in [1.29, 1.82) is 0 Å². The first-order chi connectivity index (χ1) is 23.6. The van der Waals surface area contributed by atoms with Gasteiger partial charge < -0.3 is 15.0 Å². The van der Waals surface area contributed by atoms with Crippen molar-refractivity contribution in [2.45, 2.75) is 200 Å². The number of ether oxygens (including phenoxy) is 1. The summed E-state index contributed by atoms with van der Waals surface area (Å²) in [5.74, 6) is 0. The van der Waals surface area contributed by atoms with Crippen LogP contribution < -0.4 is 5.32 Å². The predicted molar refractivity (Wildman–Crippen MR) is 214 cm³/mol. The fourth-order valence-corrected chi connectivity index (χ4v) is 5.87. The van der Waals surface area contributed by atoms with Crippen LogP contribution in [-0.2, 0) is 4.74 Å². The molecule has 0 atom stereocenters. The van der Waals surface area contributed by atoms with E-state index in [4.69, 9.17) is 4.74 Å². The number of amides is 1. The van der Waals surface area contributed by atoms with E-state index in [1.165, 1.54) is 128 Å². The summed E-state index contributed by atoms with van der Waals surface area (Å²) in [6.07, 6.45) is 51.7. The van der Waals surface area contributed by atoms with Gasteiger partial charge in [-0.2, -0.15) is 0 Å². The summed E-state index contributed by atoms with van der Waals surface area (Å²) < 4.78 is 5.94. The molecule has 280 valence electrons. The molecule has 0 saturated carbocycles. The molecular formula is C44H82N2O2. The molecule has 0 rings (SSSR count). The fraction of sp³-hybridized carbons (Fsp3) is 0.795. The van der Waals surface area contributed by atoms with Gasteiger partial charge in [-0.15, -0.1) is 0 Å². The van der Waals surface area contributed by atoms with Crippen molar-refractivity contribution in [2.75, 3.05) is 26.7 Å². The van der Waals surface area contributed by atoms with Crippen LogP contribution in [0.5, 0.6) is 0 Å². The number of nitrogens with one attached hydrogen (secondary N) is 1. The van der Waals surface area contributed by atoms with Gasteiger partial charge in [0.2, 0.25) is 0 Å². The molecule has 4 heteroatoms. The van der Waals surface area contributed by atoms with Gasteiger partial charge in [-0.3, -0.25) is 0 Å². The Bertz CT molecular complexity index is 724. The Balaban J connectivity index is 4.11. The Morgan fingerprint density at radius 2 is 0.938 bits per heavy atom. The van der Waals surface area contributed by atoms with Crippen LogP contribution in [0.4, 0.5) is 4.79 Å². The number of hydrogen-bond donors (Lipinski definition) is 1. The van der Waals surface area contributed by atoms with Crippen LogP contribution in [0, 0.1) is 0 Å². The minimum Gasteiger partial charge on any atom is -0.446 e. The molecule has 1 N–H and O–H groups in total. The zero-order valence-corrected chi connectivity index (χ0v) is 32.7. The SMILES string of the molecule is CCCCC/C=C\C/C=C\CCCCCCCCC(CCCCCCCC/C=C\C/C=C\CCCCC)OC(=O)NCCCN(C)CC. The van der Waals surface area contributed by atoms with Gasteiger partial charge in [0, 0.05) is 6.54 Å². The molecule has 1 amide bonds. The van der Waals surface area contributed by atoms with Gasteiger partial charge in [0.1, 0.15) is 6.10 Å². The van der Waals surface area contributed by atoms with Crippen molar-refractivity contribution in [1.82, 2.24) is 10.2 Å². The summed E-state index contributed by atoms with van der Waals surface area (Å²) in [7, 11) is 2.12. The summed E-state index contributed by atoms with van der Waals surface area (Å²) in [5.41, 5.74) is 0. The minimum absolute atomic E-state index is 0.0555. The van der Waals surface area contributed by atoms with Crippen LogP contribution in [-0.4, -0.2) is 43.8 Å². The highest BCUT2D eigenvalue weighted by molar-refractivity contribution is 5.67. The maximum atomic E-state index is 12.5. The third-order valence-corrected chi connectivity index (χ3v) is 9.25. The molecule has 0 aliphatic carbocycles. The molecule has 0 fully saturated rings. The lowest BCUT2D eigenvalue weighted by Gasteiger charge is -2.19. The first-order valence-corrected chi connectivity index (χ1v) is 20.9. The molecule has 0 unspecified atom stereocenters. The molecule has 0 bridgehead atoms. The van der Waals surface area contributed by atoms with Gasteiger partial charge in [0.05, 0.1) is 0 Å². The van der Waals surface area contributed by atoms with Crippen LogP contribution in [0.15, 0.2) is 48.6 Å². The van der Waals surface area contributed by atoms with Crippen LogP contribution in [0.1, 0.15) is 194 Å². The first kappa shape index (κ1) is 46.2. The second-order valence-electron chi connectivity index (χ2n) is 13.9. The average Bonchev–Trinajstić information content (AvgIpc) is 3.09. The van der Waals surface area contributed by atoms with Crippen molar-refractivity contribution in [3.8, 4) is 0 Å². The van der Waals surface area contributed by atoms with Crippen LogP contribution >= 0.6 is 0 Å². The number of alkyl carbamates (subject to hydrolysis) is 1. The summed E-state index contributed by atoms with van der Waals surface area (Å²) in [4.78, 5) is 14.8. The number of nitrogens with zero attached hydrogens (tertiary/aromatic N) is 1. The van der Waals surface area contributed by atoms with E-state index >= 15 is 0 Å². The zero-order valence-electron chi connectivity index (χ0n) is 32.7. The van der Waals surface area contributed by atoms with Gasteiger partial charge in [-0.25, -0.2) is 4.79 Å². The third-order valence-electron chi connectivity index (χ3n) is 9.25. The van der Waals surface area contributed by atoms with Gasteiger partial charge in [0.15, 0.2) is 0 Å². The normalized spacial score (nSPS) is 12.3. The number of carbonyl (C=O) groups excluding carboxylic acids is 1. The van der Waals surface area contributed by atoms with Crippen molar-refractivity contribution in [3.05, 3.63) is 48.6 Å². The lowest BCUT2D eigenvalue weighted by molar-refractivity contribution is 0.0839. The minimum atomic E-state index is -0.223. The molecular weight excluding hydrogens is 588 g/mol. The van der Waals surface area contributed by atoms with E-state index in [0.717, 1.165) is 58.0 Å². The molecule has 0 aromatic heterocycles. The Labute approximate surface area is 300 Å². The zero-order chi connectivity index (χ0) is 35.0. The topological polar surface area (TPSA) is 41.6 Å². The molecule has 0 radical (unpaired) electrons. The van der Waals surface area contributed by atoms with E-state index in [0.29, 0.717) is 6.54 Å². The van der Waals surface area contributed by atoms with Gasteiger partial charge >= 0.3 is 6.09 Å². The van der Waals surface area contributed by atoms with Crippen molar-refractivity contribution < 1.29 is 9.53 Å². The van der Waals surface area contributed by atoms with E-state index in [2.05, 4.69) is 86.6 Å². The molecule has 0 aliphatic heterocycles. The fourth-order valence-electron chi connectivity index (χ4n) is 5.87. The van der Waals surface area contributed by atoms with Crippen molar-refractivity contribution in [3.63, 3.8) is 0 Å². The molecule has 0 heterocycles. The maximum Gasteiger partial charge on any atom is 0.407 e. The molecule has 0 aromatic rings. The molecule has 0 saturated heterocycles. The Kier molecular flexibility index (Phi) is 38.1. The standard InChI is InChI=1S/C44H82N2O2/c1-5-8-10-12-14-16-18-20-22-24-26-28-30-32-34-36-39-43(48-44(47)45-41-38-42-46(4)7-3)40-37-35-33-31-29-27-25-23-21-19-17-15-13-11-9-6-2/h14-17,20-23,43H,5-13,18-19,24-42H2,1-4H3,(H,45,47)/b16-14-,17-15-,22-20-,23-21-. The van der Waals surface area contributed by atoms with E-state index in [9.17, 15) is 4.79 Å². The predicted octanol–water partition coefficient (Wildman–Crippen LogP) is 13.8. The highest BCUT2D eigenvalue weighted by Crippen LogP contribution is 2.18. The highest BCUT2D eigenvalue weighted by atomic mass is 16.6. The van der Waals surface area contributed by atoms with Crippen LogP contribution in [0.25, 0.3) is 0 Å². The van der Waals surface area contributed by atoms with E-state index in [-0.39, 0.29) is 12.2 Å². The smallest absolute Gasteiger partial charge is 0.407 e. The van der Waals surface area contributed by atoms with Crippen molar-refractivity contribution in [2.24, 2.45) is 0 Å². The first-order valence-electron chi connectivity index (χ1n) is 20.9. The van der Waals surface area contributed by atoms with Gasteiger partial charge in [-0.1, -0.05) is 146 Å². The summed E-state index contributed by atoms with van der Waals surface area (Å²) in [5, 5.41) is 3.00. The van der Waals surface area contributed by atoms with E-state index < -0.39 is 0 Å². The molecule has 0 spiro atoms. The van der Waals surface area contributed by atoms with Gasteiger partial charge in [-0.05, 0) is 116 Å². The monoisotopic (exact) mass is 671 g/mol. The maximum absolute atomic E-state index is 12.5. The molecule has 48 heavy (non-hydrogen) atoms. The second kappa shape index (κ2) is 39.6. The second-order valence-corrected chi connectivity index (χ2v) is 13.9. The number of rotatable bonds is 36. The molecule has 4 nitrogen and oxygen atoms in total. The van der Waals surface area contributed by atoms with Crippen LogP contribution in [0.2, 0.25) is 0 Å². The van der Waals surface area contributed by atoms with E-state index in [1.54, 1.807) is 0 Å². The number of unbranched alkanes of at least 4 members (excludes halogenated alkanes) is 18.